The van der Waals surface area contributed by atoms with Crippen LogP contribution in [0.3, 0.4) is 0 Å². The van der Waals surface area contributed by atoms with Gasteiger partial charge in [-0.05, 0) is 55.2 Å². The third-order valence-corrected chi connectivity index (χ3v) is 8.74. The van der Waals surface area contributed by atoms with Crippen molar-refractivity contribution >= 4 is 50.7 Å². The molecule has 220 valence electrons. The minimum absolute atomic E-state index is 0.0437. The zero-order valence-corrected chi connectivity index (χ0v) is 25.9. The Morgan fingerprint density at radius 2 is 1.54 bits per heavy atom. The summed E-state index contributed by atoms with van der Waals surface area (Å²) in [4.78, 5) is 29.1. The molecule has 1 N–H and O–H groups in total. The minimum Gasteiger partial charge on any atom is -0.352 e. The maximum absolute atomic E-state index is 13.9. The highest BCUT2D eigenvalue weighted by atomic mass is 35.5. The molecule has 2 atom stereocenters. The Hall–Kier alpha value is -3.07. The van der Waals surface area contributed by atoms with Gasteiger partial charge in [0.05, 0.1) is 22.0 Å². The van der Waals surface area contributed by atoms with Crippen LogP contribution in [0.5, 0.6) is 0 Å². The molecule has 3 aromatic carbocycles. The van der Waals surface area contributed by atoms with E-state index in [1.807, 2.05) is 50.2 Å². The van der Waals surface area contributed by atoms with Gasteiger partial charge in [-0.3, -0.25) is 13.9 Å². The molecule has 0 radical (unpaired) electrons. The predicted octanol–water partition coefficient (Wildman–Crippen LogP) is 6.09. The van der Waals surface area contributed by atoms with Gasteiger partial charge in [-0.1, -0.05) is 84.7 Å². The molecule has 0 spiro atoms. The van der Waals surface area contributed by atoms with Gasteiger partial charge in [0.1, 0.15) is 6.04 Å². The van der Waals surface area contributed by atoms with Gasteiger partial charge in [-0.25, -0.2) is 8.42 Å². The normalized spacial score (nSPS) is 12.8. The Morgan fingerprint density at radius 3 is 2.12 bits per heavy atom. The van der Waals surface area contributed by atoms with Gasteiger partial charge in [0.15, 0.2) is 0 Å². The van der Waals surface area contributed by atoms with Crippen LogP contribution in [0.25, 0.3) is 0 Å². The Morgan fingerprint density at radius 1 is 0.902 bits per heavy atom. The van der Waals surface area contributed by atoms with Gasteiger partial charge in [0.25, 0.3) is 0 Å². The summed E-state index contributed by atoms with van der Waals surface area (Å²) in [6, 6.07) is 22.6. The molecule has 0 fully saturated rings. The fourth-order valence-corrected chi connectivity index (χ4v) is 5.71. The molecule has 0 saturated carbocycles. The van der Waals surface area contributed by atoms with E-state index in [-0.39, 0.29) is 43.8 Å². The Balaban J connectivity index is 1.91. The first-order chi connectivity index (χ1) is 19.5. The highest BCUT2D eigenvalue weighted by molar-refractivity contribution is 7.92. The van der Waals surface area contributed by atoms with Crippen LogP contribution in [-0.4, -0.2) is 50.0 Å². The minimum atomic E-state index is -3.56. The Kier molecular flexibility index (Phi) is 12.1. The lowest BCUT2D eigenvalue weighted by atomic mass is 10.0. The number of para-hydroxylation sites is 1. The second kappa shape index (κ2) is 15.2. The molecule has 0 aromatic heterocycles. The van der Waals surface area contributed by atoms with E-state index in [1.54, 1.807) is 47.4 Å². The highest BCUT2D eigenvalue weighted by Crippen LogP contribution is 2.25. The van der Waals surface area contributed by atoms with E-state index < -0.39 is 16.1 Å². The van der Waals surface area contributed by atoms with Crippen molar-refractivity contribution in [3.63, 3.8) is 0 Å². The quantitative estimate of drug-likeness (QED) is 0.237. The van der Waals surface area contributed by atoms with E-state index >= 15 is 0 Å². The molecule has 2 amide bonds. The molecule has 0 saturated heterocycles. The molecule has 0 heterocycles. The van der Waals surface area contributed by atoms with Crippen LogP contribution in [0.4, 0.5) is 5.69 Å². The number of halogens is 2. The van der Waals surface area contributed by atoms with Gasteiger partial charge in [0.2, 0.25) is 21.8 Å². The van der Waals surface area contributed by atoms with Crippen molar-refractivity contribution in [2.75, 3.05) is 17.1 Å². The predicted molar refractivity (Wildman–Crippen MR) is 167 cm³/mol. The number of amides is 2. The van der Waals surface area contributed by atoms with Crippen molar-refractivity contribution in [1.29, 1.82) is 0 Å². The number of hydrogen-bond acceptors (Lipinski definition) is 4. The SMILES string of the molecule is CC[C@H](C)NC(=O)[C@@H](Cc1ccccc1)N(Cc1ccc(Cl)c(Cl)c1)C(=O)CCCN(c1ccccc1)S(C)(=O)=O. The summed E-state index contributed by atoms with van der Waals surface area (Å²) in [5, 5.41) is 3.79. The van der Waals surface area contributed by atoms with Gasteiger partial charge < -0.3 is 10.2 Å². The molecule has 10 heteroatoms. The molecule has 7 nitrogen and oxygen atoms in total. The average Bonchev–Trinajstić information content (AvgIpc) is 2.95. The maximum Gasteiger partial charge on any atom is 0.243 e. The first-order valence-corrected chi connectivity index (χ1v) is 16.2. The molecule has 0 aliphatic rings. The lowest BCUT2D eigenvalue weighted by Crippen LogP contribution is -2.52. The third kappa shape index (κ3) is 9.76. The first kappa shape index (κ1) is 32.4. The van der Waals surface area contributed by atoms with Crippen LogP contribution in [0.15, 0.2) is 78.9 Å². The largest absolute Gasteiger partial charge is 0.352 e. The van der Waals surface area contributed by atoms with Crippen molar-refractivity contribution in [3.8, 4) is 0 Å². The van der Waals surface area contributed by atoms with Crippen molar-refractivity contribution in [2.24, 2.45) is 0 Å². The van der Waals surface area contributed by atoms with E-state index in [1.165, 1.54) is 4.31 Å². The van der Waals surface area contributed by atoms with Crippen molar-refractivity contribution in [3.05, 3.63) is 100 Å². The smallest absolute Gasteiger partial charge is 0.243 e. The molecule has 41 heavy (non-hydrogen) atoms. The molecular formula is C31H37Cl2N3O4S. The first-order valence-electron chi connectivity index (χ1n) is 13.6. The summed E-state index contributed by atoms with van der Waals surface area (Å²) in [5.41, 5.74) is 2.17. The van der Waals surface area contributed by atoms with Gasteiger partial charge in [0, 0.05) is 32.0 Å². The fraction of sp³-hybridized carbons (Fsp3) is 0.355. The Bertz CT molecular complexity index is 1410. The van der Waals surface area contributed by atoms with Crippen molar-refractivity contribution < 1.29 is 18.0 Å². The molecule has 0 bridgehead atoms. The van der Waals surface area contributed by atoms with E-state index in [2.05, 4.69) is 5.32 Å². The van der Waals surface area contributed by atoms with E-state index in [9.17, 15) is 18.0 Å². The van der Waals surface area contributed by atoms with Crippen LogP contribution in [0.1, 0.15) is 44.2 Å². The summed E-state index contributed by atoms with van der Waals surface area (Å²) >= 11 is 12.4. The van der Waals surface area contributed by atoms with E-state index in [4.69, 9.17) is 23.2 Å². The summed E-state index contributed by atoms with van der Waals surface area (Å²) in [6.07, 6.45) is 2.51. The lowest BCUT2D eigenvalue weighted by molar-refractivity contribution is -0.141. The van der Waals surface area contributed by atoms with Gasteiger partial charge in [-0.2, -0.15) is 0 Å². The standard InChI is InChI=1S/C31H37Cl2N3O4S/c1-4-23(2)34-31(38)29(21-24-12-7-5-8-13-24)35(22-25-17-18-27(32)28(33)20-25)30(37)16-11-19-36(41(3,39)40)26-14-9-6-10-15-26/h5-10,12-15,17-18,20,23,29H,4,11,16,19,21-22H2,1-3H3,(H,34,38)/t23-,29+/m0/s1. The van der Waals surface area contributed by atoms with Crippen LogP contribution in [0, 0.1) is 0 Å². The summed E-state index contributed by atoms with van der Waals surface area (Å²) in [5.74, 6) is -0.517. The van der Waals surface area contributed by atoms with Crippen LogP contribution in [-0.2, 0) is 32.6 Å². The number of sulfonamides is 1. The third-order valence-electron chi connectivity index (χ3n) is 6.81. The van der Waals surface area contributed by atoms with Crippen molar-refractivity contribution in [2.45, 2.75) is 58.2 Å². The number of hydrogen-bond donors (Lipinski definition) is 1. The molecule has 3 rings (SSSR count). The number of anilines is 1. The molecule has 0 unspecified atom stereocenters. The average molecular weight is 619 g/mol. The second-order valence-corrected chi connectivity index (χ2v) is 12.8. The number of rotatable bonds is 14. The topological polar surface area (TPSA) is 86.8 Å². The summed E-state index contributed by atoms with van der Waals surface area (Å²) < 4.78 is 26.3. The van der Waals surface area contributed by atoms with Crippen LogP contribution < -0.4 is 9.62 Å². The number of carbonyl (C=O) groups excluding carboxylic acids is 2. The van der Waals surface area contributed by atoms with Gasteiger partial charge >= 0.3 is 0 Å². The summed E-state index contributed by atoms with van der Waals surface area (Å²) in [7, 11) is -3.56. The van der Waals surface area contributed by atoms with E-state index in [0.29, 0.717) is 22.2 Å². The molecular weight excluding hydrogens is 581 g/mol. The fourth-order valence-electron chi connectivity index (χ4n) is 4.43. The molecule has 3 aromatic rings. The zero-order valence-electron chi connectivity index (χ0n) is 23.6. The lowest BCUT2D eigenvalue weighted by Gasteiger charge is -2.33. The summed E-state index contributed by atoms with van der Waals surface area (Å²) in [6.45, 7) is 4.16. The monoisotopic (exact) mass is 617 g/mol. The maximum atomic E-state index is 13.9. The zero-order chi connectivity index (χ0) is 30.0. The van der Waals surface area contributed by atoms with E-state index in [0.717, 1.165) is 23.8 Å². The van der Waals surface area contributed by atoms with Crippen LogP contribution in [0.2, 0.25) is 10.0 Å². The number of carbonyl (C=O) groups is 2. The number of benzene rings is 3. The molecule has 0 aliphatic carbocycles. The number of nitrogens with zero attached hydrogens (tertiary/aromatic N) is 2. The van der Waals surface area contributed by atoms with Gasteiger partial charge in [-0.15, -0.1) is 0 Å². The second-order valence-electron chi connectivity index (χ2n) is 10.1. The number of nitrogens with one attached hydrogen (secondary N) is 1. The Labute approximate surface area is 253 Å². The molecule has 0 aliphatic heterocycles. The van der Waals surface area contributed by atoms with Crippen molar-refractivity contribution in [1.82, 2.24) is 10.2 Å². The highest BCUT2D eigenvalue weighted by Gasteiger charge is 2.31. The van der Waals surface area contributed by atoms with Crippen LogP contribution >= 0.6 is 23.2 Å².